The smallest absolute Gasteiger partial charge is 0.358 e. The molecular weight excluding hydrogens is 228 g/mol. The zero-order valence-electron chi connectivity index (χ0n) is 8.86. The molecular formula is C11H13ClN2O2. The maximum Gasteiger partial charge on any atom is 0.358 e. The molecule has 1 saturated carbocycles. The second-order valence-electron chi connectivity index (χ2n) is 3.95. The van der Waals surface area contributed by atoms with Crippen molar-refractivity contribution in [2.24, 2.45) is 5.92 Å². The molecule has 0 amide bonds. The lowest BCUT2D eigenvalue weighted by molar-refractivity contribution is 0.0457. The summed E-state index contributed by atoms with van der Waals surface area (Å²) < 4.78 is 5.09. The Morgan fingerprint density at radius 1 is 1.50 bits per heavy atom. The summed E-state index contributed by atoms with van der Waals surface area (Å²) >= 11 is 5.62. The van der Waals surface area contributed by atoms with Crippen LogP contribution in [0.2, 0.25) is 5.15 Å². The molecule has 1 fully saturated rings. The number of nitrogens with zero attached hydrogens (tertiary/aromatic N) is 2. The Labute approximate surface area is 99.0 Å². The molecule has 0 bridgehead atoms. The standard InChI is InChI=1S/C11H13ClN2O2/c12-10-7-13-6-9(14-10)11(15)16-5-4-8-2-1-3-8/h6-8H,1-5H2. The van der Waals surface area contributed by atoms with Crippen LogP contribution in [0.1, 0.15) is 36.2 Å². The highest BCUT2D eigenvalue weighted by Crippen LogP contribution is 2.29. The summed E-state index contributed by atoms with van der Waals surface area (Å²) in [7, 11) is 0. The first kappa shape index (κ1) is 11.3. The molecule has 5 heteroatoms. The van der Waals surface area contributed by atoms with E-state index in [1.807, 2.05) is 0 Å². The summed E-state index contributed by atoms with van der Waals surface area (Å²) in [5.41, 5.74) is 0.168. The molecule has 1 aliphatic carbocycles. The minimum atomic E-state index is -0.450. The van der Waals surface area contributed by atoms with Gasteiger partial charge in [-0.3, -0.25) is 4.98 Å². The van der Waals surface area contributed by atoms with Crippen molar-refractivity contribution in [2.45, 2.75) is 25.7 Å². The first-order valence-corrected chi connectivity index (χ1v) is 5.78. The molecule has 4 nitrogen and oxygen atoms in total. The number of ether oxygens (including phenoxy) is 1. The van der Waals surface area contributed by atoms with Gasteiger partial charge in [0, 0.05) is 0 Å². The molecule has 1 aromatic rings. The molecule has 2 rings (SSSR count). The fourth-order valence-corrected chi connectivity index (χ4v) is 1.76. The lowest BCUT2D eigenvalue weighted by Crippen LogP contribution is -2.16. The fraction of sp³-hybridized carbons (Fsp3) is 0.545. The lowest BCUT2D eigenvalue weighted by atomic mass is 9.83. The highest BCUT2D eigenvalue weighted by Gasteiger charge is 2.18. The van der Waals surface area contributed by atoms with Gasteiger partial charge in [-0.1, -0.05) is 30.9 Å². The number of hydrogen-bond donors (Lipinski definition) is 0. The van der Waals surface area contributed by atoms with E-state index in [0.29, 0.717) is 6.61 Å². The summed E-state index contributed by atoms with van der Waals surface area (Å²) in [6.07, 6.45) is 7.51. The van der Waals surface area contributed by atoms with E-state index in [2.05, 4.69) is 9.97 Å². The molecule has 0 radical (unpaired) electrons. The van der Waals surface area contributed by atoms with Crippen LogP contribution in [-0.2, 0) is 4.74 Å². The number of carbonyl (C=O) groups is 1. The van der Waals surface area contributed by atoms with Crippen molar-refractivity contribution in [3.63, 3.8) is 0 Å². The third-order valence-corrected chi connectivity index (χ3v) is 2.98. The Kier molecular flexibility index (Phi) is 3.72. The molecule has 86 valence electrons. The highest BCUT2D eigenvalue weighted by atomic mass is 35.5. The van der Waals surface area contributed by atoms with E-state index in [1.54, 1.807) is 0 Å². The number of halogens is 1. The van der Waals surface area contributed by atoms with Crippen LogP contribution in [0.15, 0.2) is 12.4 Å². The van der Waals surface area contributed by atoms with Crippen LogP contribution in [0.3, 0.4) is 0 Å². The van der Waals surface area contributed by atoms with Gasteiger partial charge in [0.25, 0.3) is 0 Å². The van der Waals surface area contributed by atoms with E-state index in [-0.39, 0.29) is 10.8 Å². The second kappa shape index (κ2) is 5.25. The summed E-state index contributed by atoms with van der Waals surface area (Å²) in [6.45, 7) is 0.456. The van der Waals surface area contributed by atoms with Gasteiger partial charge < -0.3 is 4.74 Å². The van der Waals surface area contributed by atoms with Gasteiger partial charge in [0.1, 0.15) is 5.15 Å². The molecule has 1 heterocycles. The molecule has 0 saturated heterocycles. The third kappa shape index (κ3) is 2.92. The molecule has 1 aromatic heterocycles. The lowest BCUT2D eigenvalue weighted by Gasteiger charge is -2.24. The Morgan fingerprint density at radius 2 is 2.31 bits per heavy atom. The van der Waals surface area contributed by atoms with Gasteiger partial charge >= 0.3 is 5.97 Å². The number of rotatable bonds is 4. The van der Waals surface area contributed by atoms with Crippen molar-refractivity contribution in [3.05, 3.63) is 23.2 Å². The first-order valence-electron chi connectivity index (χ1n) is 5.40. The van der Waals surface area contributed by atoms with Crippen LogP contribution >= 0.6 is 11.6 Å². The van der Waals surface area contributed by atoms with Crippen LogP contribution in [0.25, 0.3) is 0 Å². The molecule has 16 heavy (non-hydrogen) atoms. The summed E-state index contributed by atoms with van der Waals surface area (Å²) in [4.78, 5) is 19.1. The van der Waals surface area contributed by atoms with E-state index in [4.69, 9.17) is 16.3 Å². The average Bonchev–Trinajstić information content (AvgIpc) is 2.21. The number of esters is 1. The maximum atomic E-state index is 11.5. The quantitative estimate of drug-likeness (QED) is 0.759. The van der Waals surface area contributed by atoms with Crippen molar-refractivity contribution in [1.29, 1.82) is 0 Å². The molecule has 0 unspecified atom stereocenters. The van der Waals surface area contributed by atoms with Crippen molar-refractivity contribution >= 4 is 17.6 Å². The van der Waals surface area contributed by atoms with Gasteiger partial charge in [-0.2, -0.15) is 0 Å². The molecule has 0 atom stereocenters. The van der Waals surface area contributed by atoms with Crippen LogP contribution < -0.4 is 0 Å². The number of hydrogen-bond acceptors (Lipinski definition) is 4. The van der Waals surface area contributed by atoms with Crippen molar-refractivity contribution in [2.75, 3.05) is 6.61 Å². The minimum absolute atomic E-state index is 0.168. The molecule has 1 aliphatic rings. The average molecular weight is 241 g/mol. The van der Waals surface area contributed by atoms with Crippen molar-refractivity contribution in [1.82, 2.24) is 9.97 Å². The number of carbonyl (C=O) groups excluding carboxylic acids is 1. The molecule has 0 aromatic carbocycles. The molecule has 0 aliphatic heterocycles. The van der Waals surface area contributed by atoms with E-state index in [0.717, 1.165) is 12.3 Å². The Morgan fingerprint density at radius 3 is 2.94 bits per heavy atom. The summed E-state index contributed by atoms with van der Waals surface area (Å²) in [5.74, 6) is 0.285. The van der Waals surface area contributed by atoms with Crippen LogP contribution in [0.4, 0.5) is 0 Å². The zero-order valence-corrected chi connectivity index (χ0v) is 9.61. The van der Waals surface area contributed by atoms with Crippen LogP contribution in [0, 0.1) is 5.92 Å². The van der Waals surface area contributed by atoms with Gasteiger partial charge in [0.2, 0.25) is 0 Å². The fourth-order valence-electron chi connectivity index (χ4n) is 1.61. The Hall–Kier alpha value is -1.16. The van der Waals surface area contributed by atoms with E-state index in [9.17, 15) is 4.79 Å². The van der Waals surface area contributed by atoms with Gasteiger partial charge in [-0.15, -0.1) is 0 Å². The normalized spacial score (nSPS) is 15.6. The van der Waals surface area contributed by atoms with Crippen molar-refractivity contribution < 1.29 is 9.53 Å². The van der Waals surface area contributed by atoms with E-state index < -0.39 is 5.97 Å². The van der Waals surface area contributed by atoms with Gasteiger partial charge in [0.05, 0.1) is 19.0 Å². The largest absolute Gasteiger partial charge is 0.461 e. The van der Waals surface area contributed by atoms with Gasteiger partial charge in [-0.05, 0) is 12.3 Å². The van der Waals surface area contributed by atoms with Gasteiger partial charge in [-0.25, -0.2) is 9.78 Å². The number of aromatic nitrogens is 2. The highest BCUT2D eigenvalue weighted by molar-refractivity contribution is 6.29. The maximum absolute atomic E-state index is 11.5. The van der Waals surface area contributed by atoms with Gasteiger partial charge in [0.15, 0.2) is 5.69 Å². The predicted molar refractivity (Wildman–Crippen MR) is 59.3 cm³/mol. The van der Waals surface area contributed by atoms with E-state index in [1.165, 1.54) is 31.7 Å². The van der Waals surface area contributed by atoms with Crippen molar-refractivity contribution in [3.8, 4) is 0 Å². The topological polar surface area (TPSA) is 52.1 Å². The summed E-state index contributed by atoms with van der Waals surface area (Å²) in [6, 6.07) is 0. The first-order chi connectivity index (χ1) is 7.75. The molecule has 0 spiro atoms. The van der Waals surface area contributed by atoms with Crippen LogP contribution in [0.5, 0.6) is 0 Å². The Balaban J connectivity index is 1.78. The molecule has 0 N–H and O–H groups in total. The zero-order chi connectivity index (χ0) is 11.4. The third-order valence-electron chi connectivity index (χ3n) is 2.80. The van der Waals surface area contributed by atoms with E-state index >= 15 is 0 Å². The summed E-state index contributed by atoms with van der Waals surface area (Å²) in [5, 5.41) is 0.202. The predicted octanol–water partition coefficient (Wildman–Crippen LogP) is 2.48. The minimum Gasteiger partial charge on any atom is -0.461 e. The second-order valence-corrected chi connectivity index (χ2v) is 4.34. The SMILES string of the molecule is O=C(OCCC1CCC1)c1cncc(Cl)n1. The Bertz CT molecular complexity index is 380. The monoisotopic (exact) mass is 240 g/mol. The van der Waals surface area contributed by atoms with Crippen LogP contribution in [-0.4, -0.2) is 22.5 Å².